The van der Waals surface area contributed by atoms with Crippen molar-refractivity contribution in [2.75, 3.05) is 11.1 Å². The molecule has 0 aliphatic rings. The Morgan fingerprint density at radius 1 is 1.10 bits per heavy atom. The van der Waals surface area contributed by atoms with Crippen molar-refractivity contribution in [2.24, 2.45) is 0 Å². The second kappa shape index (κ2) is 9.61. The van der Waals surface area contributed by atoms with Crippen LogP contribution >= 0.6 is 46.3 Å². The van der Waals surface area contributed by atoms with E-state index < -0.39 is 0 Å². The van der Waals surface area contributed by atoms with Crippen molar-refractivity contribution in [3.63, 3.8) is 0 Å². The molecular weight excluding hydrogens is 463 g/mol. The zero-order chi connectivity index (χ0) is 20.9. The number of anilines is 1. The minimum atomic E-state index is -0.204. The first kappa shape index (κ1) is 20.9. The van der Waals surface area contributed by atoms with E-state index in [9.17, 15) is 4.79 Å². The highest BCUT2D eigenvalue weighted by Gasteiger charge is 2.13. The van der Waals surface area contributed by atoms with E-state index in [0.717, 1.165) is 27.8 Å². The molecule has 1 N–H and O–H groups in total. The Labute approximate surface area is 190 Å². The summed E-state index contributed by atoms with van der Waals surface area (Å²) >= 11 is 14.7. The van der Waals surface area contributed by atoms with Crippen molar-refractivity contribution < 1.29 is 9.21 Å². The lowest BCUT2D eigenvalue weighted by Crippen LogP contribution is -2.13. The fourth-order valence-corrected chi connectivity index (χ4v) is 4.28. The Kier molecular flexibility index (Phi) is 6.69. The average molecular weight is 477 g/mol. The highest BCUT2D eigenvalue weighted by atomic mass is 35.5. The summed E-state index contributed by atoms with van der Waals surface area (Å²) in [4.78, 5) is 17.5. The Bertz CT molecular complexity index is 1160. The predicted octanol–water partition coefficient (Wildman–Crippen LogP) is 5.82. The number of amides is 1. The molecule has 10 heteroatoms. The van der Waals surface area contributed by atoms with Gasteiger partial charge in [-0.05, 0) is 35.9 Å². The van der Waals surface area contributed by atoms with Gasteiger partial charge in [0, 0.05) is 33.1 Å². The molecule has 2 aromatic heterocycles. The Balaban J connectivity index is 1.30. The molecule has 4 aromatic rings. The number of rotatable bonds is 7. The second-order valence-corrected chi connectivity index (χ2v) is 9.00. The van der Waals surface area contributed by atoms with Gasteiger partial charge in [-0.1, -0.05) is 53.2 Å². The molecule has 0 atom stereocenters. The molecule has 1 amide bonds. The third-order valence-electron chi connectivity index (χ3n) is 3.95. The summed E-state index contributed by atoms with van der Waals surface area (Å²) in [5.41, 5.74) is 1.78. The maximum Gasteiger partial charge on any atom is 0.277 e. The Hall–Kier alpha value is -2.39. The van der Waals surface area contributed by atoms with Crippen LogP contribution in [-0.2, 0) is 11.2 Å². The van der Waals surface area contributed by atoms with Crippen LogP contribution in [0.25, 0.3) is 11.5 Å². The molecule has 152 valence electrons. The summed E-state index contributed by atoms with van der Waals surface area (Å²) < 4.78 is 5.58. The molecule has 30 heavy (non-hydrogen) atoms. The minimum Gasteiger partial charge on any atom is -0.411 e. The second-order valence-electron chi connectivity index (χ2n) is 6.12. The number of thiazole rings is 1. The molecule has 0 fully saturated rings. The van der Waals surface area contributed by atoms with Gasteiger partial charge in [0.2, 0.25) is 11.8 Å². The summed E-state index contributed by atoms with van der Waals surface area (Å²) in [5, 5.41) is 12.9. The highest BCUT2D eigenvalue weighted by molar-refractivity contribution is 7.99. The molecule has 2 aromatic carbocycles. The summed E-state index contributed by atoms with van der Waals surface area (Å²) in [6, 6.07) is 14.7. The number of aromatic nitrogens is 3. The molecule has 0 unspecified atom stereocenters. The van der Waals surface area contributed by atoms with E-state index in [4.69, 9.17) is 27.6 Å². The molecule has 0 saturated carbocycles. The molecular formula is C20H14Cl2N4O2S2. The van der Waals surface area contributed by atoms with E-state index in [-0.39, 0.29) is 11.7 Å². The molecule has 0 aliphatic carbocycles. The number of nitrogens with zero attached hydrogens (tertiary/aromatic N) is 3. The van der Waals surface area contributed by atoms with Crippen LogP contribution in [0.3, 0.4) is 0 Å². The van der Waals surface area contributed by atoms with Crippen LogP contribution in [0.15, 0.2) is 64.4 Å². The topological polar surface area (TPSA) is 80.9 Å². The predicted molar refractivity (Wildman–Crippen MR) is 120 cm³/mol. The van der Waals surface area contributed by atoms with E-state index in [0.29, 0.717) is 32.7 Å². The molecule has 4 rings (SSSR count). The summed E-state index contributed by atoms with van der Waals surface area (Å²) in [7, 11) is 0. The zero-order valence-electron chi connectivity index (χ0n) is 15.3. The Morgan fingerprint density at radius 2 is 1.90 bits per heavy atom. The van der Waals surface area contributed by atoms with Crippen LogP contribution in [0.4, 0.5) is 5.13 Å². The van der Waals surface area contributed by atoms with Crippen LogP contribution in [-0.4, -0.2) is 26.8 Å². The minimum absolute atomic E-state index is 0.127. The lowest BCUT2D eigenvalue weighted by Gasteiger charge is -2.01. The number of carbonyl (C=O) groups excluding carboxylic acids is 1. The van der Waals surface area contributed by atoms with Crippen LogP contribution < -0.4 is 5.32 Å². The molecule has 6 nitrogen and oxygen atoms in total. The van der Waals surface area contributed by atoms with Gasteiger partial charge in [0.15, 0.2) is 5.13 Å². The van der Waals surface area contributed by atoms with Gasteiger partial charge >= 0.3 is 0 Å². The van der Waals surface area contributed by atoms with Crippen molar-refractivity contribution in [1.82, 2.24) is 15.2 Å². The number of hydrogen-bond donors (Lipinski definition) is 1. The smallest absolute Gasteiger partial charge is 0.277 e. The normalized spacial score (nSPS) is 10.9. The number of benzene rings is 2. The lowest BCUT2D eigenvalue weighted by atomic mass is 10.1. The van der Waals surface area contributed by atoms with Crippen molar-refractivity contribution >= 4 is 57.3 Å². The maximum atomic E-state index is 12.2. The first-order chi connectivity index (χ1) is 14.6. The lowest BCUT2D eigenvalue weighted by molar-refractivity contribution is -0.113. The maximum absolute atomic E-state index is 12.2. The van der Waals surface area contributed by atoms with E-state index in [2.05, 4.69) is 20.5 Å². The molecule has 0 aliphatic heterocycles. The highest BCUT2D eigenvalue weighted by Crippen LogP contribution is 2.26. The monoisotopic (exact) mass is 476 g/mol. The molecule has 0 radical (unpaired) electrons. The number of nitrogens with one attached hydrogen (secondary N) is 1. The zero-order valence-corrected chi connectivity index (χ0v) is 18.5. The van der Waals surface area contributed by atoms with E-state index in [1.807, 2.05) is 24.3 Å². The van der Waals surface area contributed by atoms with Gasteiger partial charge in [-0.2, -0.15) is 0 Å². The van der Waals surface area contributed by atoms with Crippen molar-refractivity contribution in [1.29, 1.82) is 0 Å². The molecule has 0 bridgehead atoms. The molecule has 0 saturated heterocycles. The van der Waals surface area contributed by atoms with Gasteiger partial charge < -0.3 is 9.73 Å². The number of hydrogen-bond acceptors (Lipinski definition) is 7. The third kappa shape index (κ3) is 5.40. The third-order valence-corrected chi connectivity index (χ3v) is 6.30. The van der Waals surface area contributed by atoms with E-state index in [1.165, 1.54) is 11.3 Å². The Morgan fingerprint density at radius 3 is 2.70 bits per heavy atom. The van der Waals surface area contributed by atoms with Crippen LogP contribution in [0.5, 0.6) is 0 Å². The van der Waals surface area contributed by atoms with Gasteiger partial charge in [0.1, 0.15) is 0 Å². The van der Waals surface area contributed by atoms with Crippen molar-refractivity contribution in [3.8, 4) is 11.5 Å². The molecule has 0 spiro atoms. The van der Waals surface area contributed by atoms with Gasteiger partial charge in [-0.25, -0.2) is 4.98 Å². The fourth-order valence-electron chi connectivity index (χ4n) is 2.54. The average Bonchev–Trinajstić information content (AvgIpc) is 3.38. The summed E-state index contributed by atoms with van der Waals surface area (Å²) in [6.07, 6.45) is 2.41. The number of halogens is 2. The summed E-state index contributed by atoms with van der Waals surface area (Å²) in [5.74, 6) is 0.297. The van der Waals surface area contributed by atoms with Gasteiger partial charge in [0.25, 0.3) is 5.22 Å². The van der Waals surface area contributed by atoms with Gasteiger partial charge in [-0.15, -0.1) is 21.5 Å². The quantitative estimate of drug-likeness (QED) is 0.338. The van der Waals surface area contributed by atoms with Crippen LogP contribution in [0.2, 0.25) is 10.0 Å². The molecule has 2 heterocycles. The van der Waals surface area contributed by atoms with Gasteiger partial charge in [0.05, 0.1) is 5.75 Å². The van der Waals surface area contributed by atoms with Crippen molar-refractivity contribution in [3.05, 3.63) is 75.2 Å². The van der Waals surface area contributed by atoms with Crippen LogP contribution in [0, 0.1) is 0 Å². The van der Waals surface area contributed by atoms with E-state index >= 15 is 0 Å². The van der Waals surface area contributed by atoms with Crippen molar-refractivity contribution in [2.45, 2.75) is 11.6 Å². The van der Waals surface area contributed by atoms with E-state index in [1.54, 1.807) is 30.5 Å². The number of carbonyl (C=O) groups is 1. The number of thioether (sulfide) groups is 1. The first-order valence-electron chi connectivity index (χ1n) is 8.77. The largest absolute Gasteiger partial charge is 0.411 e. The SMILES string of the molecule is O=C(CSc1nnc(-c2ccc(Cl)cc2)o1)Nc1ncc(Cc2ccccc2Cl)s1. The summed E-state index contributed by atoms with van der Waals surface area (Å²) in [6.45, 7) is 0. The standard InChI is InChI=1S/C20H14Cl2N4O2S2/c21-14-7-5-12(6-8-14)18-25-26-20(28-18)29-11-17(27)24-19-23-10-15(30-19)9-13-3-1-2-4-16(13)22/h1-8,10H,9,11H2,(H,23,24,27). The fraction of sp³-hybridized carbons (Fsp3) is 0.100. The van der Waals surface area contributed by atoms with Gasteiger partial charge in [-0.3, -0.25) is 4.79 Å². The first-order valence-corrected chi connectivity index (χ1v) is 11.3. The van der Waals surface area contributed by atoms with Crippen LogP contribution in [0.1, 0.15) is 10.4 Å².